The van der Waals surface area contributed by atoms with E-state index in [1.807, 2.05) is 6.92 Å². The van der Waals surface area contributed by atoms with Gasteiger partial charge >= 0.3 is 5.97 Å². The number of aryl methyl sites for hydroxylation is 2. The third kappa shape index (κ3) is 5.09. The molecule has 2 aliphatic carbocycles. The van der Waals surface area contributed by atoms with Gasteiger partial charge in [0.05, 0.1) is 0 Å². The number of alkyl halides is 2. The highest BCUT2D eigenvalue weighted by molar-refractivity contribution is 5.67. The number of benzene rings is 1. The first-order valence-electron chi connectivity index (χ1n) is 9.97. The number of carboxylic acid groups (broad SMARTS) is 1. The van der Waals surface area contributed by atoms with Gasteiger partial charge in [-0.15, -0.1) is 0 Å². The Morgan fingerprint density at radius 1 is 1.25 bits per heavy atom. The largest absolute Gasteiger partial charge is 0.486 e. The van der Waals surface area contributed by atoms with Gasteiger partial charge in [-0.2, -0.15) is 0 Å². The van der Waals surface area contributed by atoms with Crippen LogP contribution in [0.3, 0.4) is 0 Å². The van der Waals surface area contributed by atoms with E-state index in [0.717, 1.165) is 30.4 Å². The molecule has 1 fully saturated rings. The molecule has 2 aliphatic rings. The summed E-state index contributed by atoms with van der Waals surface area (Å²) in [5.41, 5.74) is 3.83. The fraction of sp³-hybridized carbons (Fsp3) is 0.591. The first-order chi connectivity index (χ1) is 13.2. The third-order valence-corrected chi connectivity index (χ3v) is 5.99. The number of aliphatic carboxylic acids is 1. The van der Waals surface area contributed by atoms with E-state index in [9.17, 15) is 18.0 Å². The SMILES string of the molecule is Cc1cc(OCC2=C(C3CCC(F)(F)CC3)CCC2)c(F)cc1CCC(=O)O. The average Bonchev–Trinajstić information content (AvgIpc) is 3.09. The van der Waals surface area contributed by atoms with Crippen LogP contribution in [0.4, 0.5) is 13.2 Å². The zero-order chi connectivity index (χ0) is 20.3. The molecule has 0 saturated heterocycles. The Hall–Kier alpha value is -1.98. The average molecular weight is 396 g/mol. The van der Waals surface area contributed by atoms with E-state index in [-0.39, 0.29) is 44.0 Å². The third-order valence-electron chi connectivity index (χ3n) is 5.99. The highest BCUT2D eigenvalue weighted by Gasteiger charge is 2.37. The van der Waals surface area contributed by atoms with Gasteiger partial charge in [0, 0.05) is 19.3 Å². The van der Waals surface area contributed by atoms with E-state index in [4.69, 9.17) is 9.84 Å². The molecule has 3 rings (SSSR count). The summed E-state index contributed by atoms with van der Waals surface area (Å²) in [6.07, 6.45) is 3.94. The summed E-state index contributed by atoms with van der Waals surface area (Å²) >= 11 is 0. The monoisotopic (exact) mass is 396 g/mol. The summed E-state index contributed by atoms with van der Waals surface area (Å²) < 4.78 is 47.0. The minimum atomic E-state index is -2.53. The topological polar surface area (TPSA) is 46.5 Å². The van der Waals surface area contributed by atoms with Crippen LogP contribution in [0.5, 0.6) is 5.75 Å². The zero-order valence-corrected chi connectivity index (χ0v) is 16.2. The maximum absolute atomic E-state index is 14.4. The lowest BCUT2D eigenvalue weighted by atomic mass is 9.80. The second-order valence-corrected chi connectivity index (χ2v) is 8.00. The lowest BCUT2D eigenvalue weighted by Crippen LogP contribution is -2.25. The van der Waals surface area contributed by atoms with Gasteiger partial charge in [0.1, 0.15) is 6.61 Å². The van der Waals surface area contributed by atoms with E-state index in [1.54, 1.807) is 6.07 Å². The first kappa shape index (κ1) is 20.7. The van der Waals surface area contributed by atoms with Crippen molar-refractivity contribution in [2.75, 3.05) is 6.61 Å². The summed E-state index contributed by atoms with van der Waals surface area (Å²) in [7, 11) is 0. The molecule has 1 saturated carbocycles. The normalized spacial score (nSPS) is 19.9. The van der Waals surface area contributed by atoms with Gasteiger partial charge in [-0.25, -0.2) is 13.2 Å². The van der Waals surface area contributed by atoms with Crippen molar-refractivity contribution >= 4 is 5.97 Å². The molecule has 0 radical (unpaired) electrons. The van der Waals surface area contributed by atoms with Gasteiger partial charge in [0.2, 0.25) is 5.92 Å². The lowest BCUT2D eigenvalue weighted by Gasteiger charge is -2.30. The summed E-state index contributed by atoms with van der Waals surface area (Å²) in [6.45, 7) is 2.10. The van der Waals surface area contributed by atoms with Gasteiger partial charge in [-0.3, -0.25) is 4.79 Å². The molecule has 1 aromatic carbocycles. The summed E-state index contributed by atoms with van der Waals surface area (Å²) in [6, 6.07) is 2.96. The van der Waals surface area contributed by atoms with Crippen LogP contribution in [0.25, 0.3) is 0 Å². The molecule has 0 aliphatic heterocycles. The number of halogens is 3. The van der Waals surface area contributed by atoms with Crippen molar-refractivity contribution in [2.45, 2.75) is 70.6 Å². The number of carbonyl (C=O) groups is 1. The zero-order valence-electron chi connectivity index (χ0n) is 16.2. The molecule has 0 bridgehead atoms. The highest BCUT2D eigenvalue weighted by atomic mass is 19.3. The van der Waals surface area contributed by atoms with Crippen LogP contribution in [0.2, 0.25) is 0 Å². The predicted molar refractivity (Wildman–Crippen MR) is 100 cm³/mol. The van der Waals surface area contributed by atoms with E-state index in [2.05, 4.69) is 0 Å². The number of hydrogen-bond acceptors (Lipinski definition) is 2. The van der Waals surface area contributed by atoms with Crippen molar-refractivity contribution in [3.05, 3.63) is 40.2 Å². The Labute approximate surface area is 163 Å². The van der Waals surface area contributed by atoms with Gasteiger partial charge in [0.25, 0.3) is 0 Å². The molecule has 28 heavy (non-hydrogen) atoms. The Morgan fingerprint density at radius 2 is 1.96 bits per heavy atom. The molecule has 0 spiro atoms. The Bertz CT molecular complexity index is 761. The van der Waals surface area contributed by atoms with Gasteiger partial charge in [0.15, 0.2) is 11.6 Å². The molecule has 3 nitrogen and oxygen atoms in total. The standard InChI is InChI=1S/C22H27F3O3/c1-14-11-20(19(23)12-16(14)5-6-21(26)27)28-13-17-3-2-4-18(17)15-7-9-22(24,25)10-8-15/h11-12,15H,2-10,13H2,1H3,(H,26,27). The predicted octanol–water partition coefficient (Wildman–Crippen LogP) is 5.84. The minimum Gasteiger partial charge on any atom is -0.486 e. The molecule has 1 N–H and O–H groups in total. The molecule has 0 atom stereocenters. The highest BCUT2D eigenvalue weighted by Crippen LogP contribution is 2.43. The molecular weight excluding hydrogens is 369 g/mol. The smallest absolute Gasteiger partial charge is 0.303 e. The van der Waals surface area contributed by atoms with Gasteiger partial charge in [-0.1, -0.05) is 5.57 Å². The molecule has 0 aromatic heterocycles. The van der Waals surface area contributed by atoms with Crippen LogP contribution in [0.1, 0.15) is 62.5 Å². The summed E-state index contributed by atoms with van der Waals surface area (Å²) in [4.78, 5) is 10.7. The molecule has 1 aromatic rings. The summed E-state index contributed by atoms with van der Waals surface area (Å²) in [5, 5.41) is 8.79. The van der Waals surface area contributed by atoms with Gasteiger partial charge < -0.3 is 9.84 Å². The first-order valence-corrected chi connectivity index (χ1v) is 9.97. The molecular formula is C22H27F3O3. The van der Waals surface area contributed by atoms with Crippen molar-refractivity contribution in [3.8, 4) is 5.75 Å². The minimum absolute atomic E-state index is 0.0445. The lowest BCUT2D eigenvalue weighted by molar-refractivity contribution is -0.136. The van der Waals surface area contributed by atoms with E-state index < -0.39 is 17.7 Å². The molecule has 154 valence electrons. The Kier molecular flexibility index (Phi) is 6.36. The number of ether oxygens (including phenoxy) is 1. The van der Waals surface area contributed by atoms with Crippen molar-refractivity contribution < 1.29 is 27.8 Å². The number of carboxylic acids is 1. The number of hydrogen-bond donors (Lipinski definition) is 1. The van der Waals surface area contributed by atoms with Crippen LogP contribution in [0, 0.1) is 18.7 Å². The Balaban J connectivity index is 1.65. The number of allylic oxidation sites excluding steroid dienone is 1. The van der Waals surface area contributed by atoms with Crippen LogP contribution < -0.4 is 4.74 Å². The van der Waals surface area contributed by atoms with E-state index in [1.165, 1.54) is 11.6 Å². The van der Waals surface area contributed by atoms with Gasteiger partial charge in [-0.05, 0) is 80.2 Å². The molecule has 6 heteroatoms. The Morgan fingerprint density at radius 3 is 2.64 bits per heavy atom. The molecule has 0 unspecified atom stereocenters. The van der Waals surface area contributed by atoms with Crippen molar-refractivity contribution in [2.24, 2.45) is 5.92 Å². The fourth-order valence-corrected chi connectivity index (χ4v) is 4.36. The van der Waals surface area contributed by atoms with Crippen molar-refractivity contribution in [1.29, 1.82) is 0 Å². The van der Waals surface area contributed by atoms with Crippen molar-refractivity contribution in [1.82, 2.24) is 0 Å². The van der Waals surface area contributed by atoms with Crippen LogP contribution >= 0.6 is 0 Å². The number of rotatable bonds is 7. The quantitative estimate of drug-likeness (QED) is 0.589. The maximum atomic E-state index is 14.4. The fourth-order valence-electron chi connectivity index (χ4n) is 4.36. The maximum Gasteiger partial charge on any atom is 0.303 e. The van der Waals surface area contributed by atoms with Crippen LogP contribution in [-0.4, -0.2) is 23.6 Å². The van der Waals surface area contributed by atoms with E-state index in [0.29, 0.717) is 18.4 Å². The molecule has 0 heterocycles. The van der Waals surface area contributed by atoms with Crippen LogP contribution in [0.15, 0.2) is 23.3 Å². The van der Waals surface area contributed by atoms with Crippen LogP contribution in [-0.2, 0) is 11.2 Å². The second kappa shape index (κ2) is 8.58. The summed E-state index contributed by atoms with van der Waals surface area (Å²) in [5.74, 6) is -3.59. The second-order valence-electron chi connectivity index (χ2n) is 8.00. The molecule has 0 amide bonds. The van der Waals surface area contributed by atoms with E-state index >= 15 is 0 Å². The van der Waals surface area contributed by atoms with Crippen molar-refractivity contribution in [3.63, 3.8) is 0 Å².